The number of rotatable bonds is 9. The molecule has 0 radical (unpaired) electrons. The standard InChI is InChI=1S/C20H27N5O4S/c21-30(28,29)20-15-18(25(26)27)7-8-19(20)22-9-4-10-23-11-13-24(14-12-23)16-17-5-2-1-3-6-17/h1-3,5-8,15,22H,4,9-14,16H2,(H2,21,28,29). The van der Waals surface area contributed by atoms with Gasteiger partial charge in [0, 0.05) is 51.4 Å². The van der Waals surface area contributed by atoms with Gasteiger partial charge in [0.05, 0.1) is 10.6 Å². The van der Waals surface area contributed by atoms with Crippen LogP contribution in [0.5, 0.6) is 0 Å². The second-order valence-corrected chi connectivity index (χ2v) is 8.90. The zero-order valence-electron chi connectivity index (χ0n) is 16.7. The third-order valence-corrected chi connectivity index (χ3v) is 6.11. The van der Waals surface area contributed by atoms with Gasteiger partial charge in [-0.25, -0.2) is 13.6 Å². The third-order valence-electron chi connectivity index (χ3n) is 5.16. The summed E-state index contributed by atoms with van der Waals surface area (Å²) in [5.41, 5.74) is 1.30. The molecule has 9 nitrogen and oxygen atoms in total. The van der Waals surface area contributed by atoms with Crippen LogP contribution in [-0.2, 0) is 16.6 Å². The second kappa shape index (κ2) is 9.98. The van der Waals surface area contributed by atoms with Crippen molar-refractivity contribution in [2.45, 2.75) is 17.9 Å². The molecule has 0 aliphatic carbocycles. The number of nitrogens with two attached hydrogens (primary N) is 1. The number of benzene rings is 2. The topological polar surface area (TPSA) is 122 Å². The van der Waals surface area contributed by atoms with Crippen molar-refractivity contribution in [3.63, 3.8) is 0 Å². The molecule has 1 saturated heterocycles. The molecule has 0 atom stereocenters. The van der Waals surface area contributed by atoms with Crippen molar-refractivity contribution in [3.8, 4) is 0 Å². The molecule has 1 heterocycles. The Morgan fingerprint density at radius 1 is 1.03 bits per heavy atom. The van der Waals surface area contributed by atoms with E-state index in [1.807, 2.05) is 6.07 Å². The van der Waals surface area contributed by atoms with Crippen molar-refractivity contribution < 1.29 is 13.3 Å². The molecule has 10 heteroatoms. The summed E-state index contributed by atoms with van der Waals surface area (Å²) in [6.45, 7) is 6.42. The average Bonchev–Trinajstić information content (AvgIpc) is 2.72. The first-order valence-corrected chi connectivity index (χ1v) is 11.4. The Labute approximate surface area is 176 Å². The molecule has 162 valence electrons. The van der Waals surface area contributed by atoms with Crippen LogP contribution in [0.3, 0.4) is 0 Å². The number of hydrogen-bond acceptors (Lipinski definition) is 7. The van der Waals surface area contributed by atoms with E-state index in [1.54, 1.807) is 0 Å². The number of nitro groups is 1. The maximum absolute atomic E-state index is 11.8. The second-order valence-electron chi connectivity index (χ2n) is 7.37. The van der Waals surface area contributed by atoms with E-state index >= 15 is 0 Å². The third kappa shape index (κ3) is 6.23. The van der Waals surface area contributed by atoms with Gasteiger partial charge in [-0.3, -0.25) is 15.0 Å². The van der Waals surface area contributed by atoms with Gasteiger partial charge in [-0.15, -0.1) is 0 Å². The van der Waals surface area contributed by atoms with Crippen molar-refractivity contribution in [1.29, 1.82) is 0 Å². The van der Waals surface area contributed by atoms with E-state index in [-0.39, 0.29) is 16.3 Å². The Balaban J connectivity index is 1.44. The van der Waals surface area contributed by atoms with Crippen LogP contribution in [0.2, 0.25) is 0 Å². The van der Waals surface area contributed by atoms with E-state index < -0.39 is 14.9 Å². The number of hydrogen-bond donors (Lipinski definition) is 2. The minimum Gasteiger partial charge on any atom is -0.384 e. The van der Waals surface area contributed by atoms with E-state index in [9.17, 15) is 18.5 Å². The van der Waals surface area contributed by atoms with Crippen molar-refractivity contribution in [2.24, 2.45) is 5.14 Å². The molecule has 0 saturated carbocycles. The molecular formula is C20H27N5O4S. The van der Waals surface area contributed by atoms with Crippen LogP contribution >= 0.6 is 0 Å². The number of nitro benzene ring substituents is 1. The van der Waals surface area contributed by atoms with Crippen LogP contribution < -0.4 is 10.5 Å². The Kier molecular flexibility index (Phi) is 7.38. The predicted octanol–water partition coefficient (Wildman–Crippen LogP) is 1.86. The molecule has 0 unspecified atom stereocenters. The first-order chi connectivity index (χ1) is 14.3. The van der Waals surface area contributed by atoms with Crippen LogP contribution in [0.4, 0.5) is 11.4 Å². The fourth-order valence-electron chi connectivity index (χ4n) is 3.54. The number of sulfonamides is 1. The van der Waals surface area contributed by atoms with Gasteiger partial charge in [0.1, 0.15) is 4.90 Å². The first-order valence-electron chi connectivity index (χ1n) is 9.87. The summed E-state index contributed by atoms with van der Waals surface area (Å²) in [6.07, 6.45) is 0.819. The molecule has 0 amide bonds. The number of anilines is 1. The summed E-state index contributed by atoms with van der Waals surface area (Å²) in [5.74, 6) is 0. The molecule has 0 aromatic heterocycles. The highest BCUT2D eigenvalue weighted by Crippen LogP contribution is 2.25. The van der Waals surface area contributed by atoms with Gasteiger partial charge < -0.3 is 10.2 Å². The van der Waals surface area contributed by atoms with Gasteiger partial charge in [0.25, 0.3) is 5.69 Å². The Bertz CT molecular complexity index is 960. The molecule has 0 spiro atoms. The van der Waals surface area contributed by atoms with Gasteiger partial charge in [0.2, 0.25) is 10.0 Å². The number of non-ortho nitro benzene ring substituents is 1. The van der Waals surface area contributed by atoms with Gasteiger partial charge in [-0.05, 0) is 24.6 Å². The van der Waals surface area contributed by atoms with E-state index in [2.05, 4.69) is 39.4 Å². The lowest BCUT2D eigenvalue weighted by Crippen LogP contribution is -2.46. The summed E-state index contributed by atoms with van der Waals surface area (Å²) < 4.78 is 23.5. The smallest absolute Gasteiger partial charge is 0.270 e. The summed E-state index contributed by atoms with van der Waals surface area (Å²) in [4.78, 5) is 14.8. The van der Waals surface area contributed by atoms with Gasteiger partial charge in [-0.1, -0.05) is 30.3 Å². The van der Waals surface area contributed by atoms with Gasteiger partial charge >= 0.3 is 0 Å². The van der Waals surface area contributed by atoms with Crippen molar-refractivity contribution in [2.75, 3.05) is 44.6 Å². The molecule has 2 aromatic rings. The van der Waals surface area contributed by atoms with Crippen LogP contribution in [-0.4, -0.2) is 62.4 Å². The predicted molar refractivity (Wildman–Crippen MR) is 116 cm³/mol. The average molecular weight is 434 g/mol. The maximum atomic E-state index is 11.8. The largest absolute Gasteiger partial charge is 0.384 e. The highest BCUT2D eigenvalue weighted by Gasteiger charge is 2.19. The van der Waals surface area contributed by atoms with E-state index in [4.69, 9.17) is 5.14 Å². The Morgan fingerprint density at radius 2 is 1.70 bits per heavy atom. The van der Waals surface area contributed by atoms with Crippen LogP contribution in [0, 0.1) is 10.1 Å². The molecule has 2 aromatic carbocycles. The van der Waals surface area contributed by atoms with E-state index in [1.165, 1.54) is 17.7 Å². The zero-order chi connectivity index (χ0) is 21.6. The van der Waals surface area contributed by atoms with Gasteiger partial charge in [0.15, 0.2) is 0 Å². The lowest BCUT2D eigenvalue weighted by Gasteiger charge is -2.34. The minimum atomic E-state index is -4.06. The Morgan fingerprint density at radius 3 is 2.33 bits per heavy atom. The quantitative estimate of drug-likeness (QED) is 0.352. The fraction of sp³-hybridized carbons (Fsp3) is 0.400. The van der Waals surface area contributed by atoms with Crippen molar-refractivity contribution in [1.82, 2.24) is 9.80 Å². The molecule has 0 bridgehead atoms. The molecule has 1 aliphatic heterocycles. The molecule has 3 rings (SSSR count). The molecule has 1 aliphatic rings. The first kappa shape index (κ1) is 22.2. The lowest BCUT2D eigenvalue weighted by molar-refractivity contribution is -0.385. The molecular weight excluding hydrogens is 406 g/mol. The van der Waals surface area contributed by atoms with Crippen LogP contribution in [0.25, 0.3) is 0 Å². The van der Waals surface area contributed by atoms with Crippen molar-refractivity contribution >= 4 is 21.4 Å². The van der Waals surface area contributed by atoms with Gasteiger partial charge in [-0.2, -0.15) is 0 Å². The Hall–Kier alpha value is -2.53. The zero-order valence-corrected chi connectivity index (χ0v) is 17.6. The monoisotopic (exact) mass is 433 g/mol. The van der Waals surface area contributed by atoms with Crippen LogP contribution in [0.1, 0.15) is 12.0 Å². The maximum Gasteiger partial charge on any atom is 0.270 e. The number of piperazine rings is 1. The minimum absolute atomic E-state index is 0.258. The SMILES string of the molecule is NS(=O)(=O)c1cc([N+](=O)[O-])ccc1NCCCN1CCN(Cc2ccccc2)CC1. The number of nitrogens with zero attached hydrogens (tertiary/aromatic N) is 3. The number of nitrogens with one attached hydrogen (secondary N) is 1. The highest BCUT2D eigenvalue weighted by atomic mass is 32.2. The molecule has 30 heavy (non-hydrogen) atoms. The fourth-order valence-corrected chi connectivity index (χ4v) is 4.28. The molecule has 3 N–H and O–H groups in total. The van der Waals surface area contributed by atoms with E-state index in [0.717, 1.165) is 51.8 Å². The normalized spacial score (nSPS) is 15.8. The summed E-state index contributed by atoms with van der Waals surface area (Å²) in [5, 5.41) is 19.2. The molecule has 1 fully saturated rings. The van der Waals surface area contributed by atoms with Crippen LogP contribution in [0.15, 0.2) is 53.4 Å². The summed E-state index contributed by atoms with van der Waals surface area (Å²) in [7, 11) is -4.06. The lowest BCUT2D eigenvalue weighted by atomic mass is 10.2. The van der Waals surface area contributed by atoms with E-state index in [0.29, 0.717) is 6.54 Å². The summed E-state index contributed by atoms with van der Waals surface area (Å²) in [6, 6.07) is 14.1. The number of primary sulfonamides is 1. The highest BCUT2D eigenvalue weighted by molar-refractivity contribution is 7.89. The van der Waals surface area contributed by atoms with Crippen molar-refractivity contribution in [3.05, 3.63) is 64.2 Å². The summed E-state index contributed by atoms with van der Waals surface area (Å²) >= 11 is 0.